The van der Waals surface area contributed by atoms with Crippen LogP contribution in [0.15, 0.2) is 39.4 Å². The second-order valence-corrected chi connectivity index (χ2v) is 5.66. The molecule has 0 amide bonds. The first-order valence-corrected chi connectivity index (χ1v) is 7.15. The minimum Gasteiger partial charge on any atom is -0.507 e. The number of aromatic nitrogens is 1. The highest BCUT2D eigenvalue weighted by molar-refractivity contribution is 9.11. The summed E-state index contributed by atoms with van der Waals surface area (Å²) in [5.41, 5.74) is 0.795. The third kappa shape index (κ3) is 3.61. The number of anilines is 1. The first kappa shape index (κ1) is 14.1. The first-order chi connectivity index (χ1) is 9.10. The Bertz CT molecular complexity index is 591. The third-order valence-electron chi connectivity index (χ3n) is 2.61. The number of rotatable bonds is 4. The van der Waals surface area contributed by atoms with Crippen molar-refractivity contribution in [3.63, 3.8) is 0 Å². The summed E-state index contributed by atoms with van der Waals surface area (Å²) in [7, 11) is 1.57. The molecule has 2 rings (SSSR count). The predicted molar refractivity (Wildman–Crippen MR) is 80.4 cm³/mol. The van der Waals surface area contributed by atoms with Gasteiger partial charge in [0, 0.05) is 11.6 Å². The zero-order valence-corrected chi connectivity index (χ0v) is 13.4. The summed E-state index contributed by atoms with van der Waals surface area (Å²) in [5, 5.41) is 13.1. The molecule has 3 N–H and O–H groups in total. The van der Waals surface area contributed by atoms with Crippen LogP contribution in [0.2, 0.25) is 0 Å². The van der Waals surface area contributed by atoms with Gasteiger partial charge in [0.25, 0.3) is 5.82 Å². The lowest BCUT2D eigenvalue weighted by Gasteiger charge is -2.06. The lowest BCUT2D eigenvalue weighted by Crippen LogP contribution is -2.13. The number of phenols is 1. The Hall–Kier alpha value is -1.27. The van der Waals surface area contributed by atoms with Gasteiger partial charge in [0.2, 0.25) is 0 Å². The highest BCUT2D eigenvalue weighted by Gasteiger charge is 2.10. The van der Waals surface area contributed by atoms with Gasteiger partial charge in [-0.25, -0.2) is 4.98 Å². The number of hydrogen-bond donors (Lipinski definition) is 2. The fraction of sp³-hybridized carbons (Fsp3) is 0.154. The largest absolute Gasteiger partial charge is 0.507 e. The Balaban J connectivity index is 2.10. The van der Waals surface area contributed by atoms with Crippen molar-refractivity contribution in [2.24, 2.45) is 0 Å². The summed E-state index contributed by atoms with van der Waals surface area (Å²) >= 11 is 6.83. The first-order valence-electron chi connectivity index (χ1n) is 5.56. The van der Waals surface area contributed by atoms with Gasteiger partial charge in [-0.15, -0.1) is 0 Å². The number of halogens is 2. The minimum atomic E-state index is 0.208. The Morgan fingerprint density at radius 1 is 1.32 bits per heavy atom. The van der Waals surface area contributed by atoms with E-state index in [0.29, 0.717) is 12.3 Å². The van der Waals surface area contributed by atoms with Crippen molar-refractivity contribution in [1.82, 2.24) is 0 Å². The van der Waals surface area contributed by atoms with E-state index in [1.165, 1.54) is 0 Å². The highest BCUT2D eigenvalue weighted by atomic mass is 79.9. The normalized spacial score (nSPS) is 10.3. The average Bonchev–Trinajstić information content (AvgIpc) is 2.39. The van der Waals surface area contributed by atoms with E-state index in [2.05, 4.69) is 42.2 Å². The molecule has 1 aromatic heterocycles. The molecular formula is C13H13Br2N2O2+. The Labute approximate surface area is 128 Å². The van der Waals surface area contributed by atoms with E-state index in [9.17, 15) is 5.11 Å². The molecular weight excluding hydrogens is 376 g/mol. The summed E-state index contributed by atoms with van der Waals surface area (Å²) in [6.07, 6.45) is 1.83. The predicted octanol–water partition coefficient (Wildman–Crippen LogP) is 3.35. The maximum atomic E-state index is 9.86. The number of ether oxygens (including phenoxy) is 1. The van der Waals surface area contributed by atoms with E-state index >= 15 is 0 Å². The van der Waals surface area contributed by atoms with Crippen molar-refractivity contribution in [2.45, 2.75) is 6.54 Å². The molecule has 0 aliphatic rings. The van der Waals surface area contributed by atoms with Gasteiger partial charge in [-0.2, -0.15) is 0 Å². The Morgan fingerprint density at radius 3 is 2.74 bits per heavy atom. The van der Waals surface area contributed by atoms with Gasteiger partial charge < -0.3 is 9.84 Å². The van der Waals surface area contributed by atoms with E-state index < -0.39 is 0 Å². The number of benzene rings is 1. The molecule has 0 fully saturated rings. The van der Waals surface area contributed by atoms with Crippen LogP contribution in [0.5, 0.6) is 11.5 Å². The number of aromatic hydroxyl groups is 1. The minimum absolute atomic E-state index is 0.208. The zero-order valence-electron chi connectivity index (χ0n) is 10.2. The van der Waals surface area contributed by atoms with Crippen LogP contribution >= 0.6 is 31.9 Å². The second kappa shape index (κ2) is 6.25. The van der Waals surface area contributed by atoms with E-state index in [4.69, 9.17) is 4.74 Å². The van der Waals surface area contributed by atoms with E-state index in [1.54, 1.807) is 13.2 Å². The maximum absolute atomic E-state index is 9.86. The zero-order chi connectivity index (χ0) is 13.8. The van der Waals surface area contributed by atoms with Crippen molar-refractivity contribution < 1.29 is 14.8 Å². The molecule has 0 aliphatic carbocycles. The van der Waals surface area contributed by atoms with E-state index in [0.717, 1.165) is 20.3 Å². The van der Waals surface area contributed by atoms with Crippen molar-refractivity contribution in [2.75, 3.05) is 12.4 Å². The lowest BCUT2D eigenvalue weighted by molar-refractivity contribution is -0.362. The highest BCUT2D eigenvalue weighted by Crippen LogP contribution is 2.25. The van der Waals surface area contributed by atoms with Crippen LogP contribution < -0.4 is 15.0 Å². The number of pyridine rings is 1. The molecule has 0 atom stereocenters. The number of aromatic amines is 1. The van der Waals surface area contributed by atoms with Gasteiger partial charge in [-0.1, -0.05) is 0 Å². The molecule has 0 spiro atoms. The molecule has 0 aliphatic heterocycles. The molecule has 1 aromatic carbocycles. The topological polar surface area (TPSA) is 55.6 Å². The van der Waals surface area contributed by atoms with Gasteiger partial charge in [0.15, 0.2) is 0 Å². The number of phenolic OH excluding ortho intramolecular Hbond substituents is 1. The quantitative estimate of drug-likeness (QED) is 0.844. The molecule has 0 saturated carbocycles. The number of H-pyrrole nitrogens is 1. The fourth-order valence-corrected chi connectivity index (χ4v) is 2.74. The third-order valence-corrected chi connectivity index (χ3v) is 3.69. The van der Waals surface area contributed by atoms with Crippen LogP contribution in [-0.2, 0) is 6.54 Å². The monoisotopic (exact) mass is 387 g/mol. The standard InChI is InChI=1S/C13H12Br2N2O2/c1-19-10-3-2-8(12(18)5-10)6-16-13-11(15)4-9(14)7-17-13/h2-5,7,18H,6H2,1H3,(H,16,17)/p+1. The van der Waals surface area contributed by atoms with E-state index in [-0.39, 0.29) is 5.75 Å². The van der Waals surface area contributed by atoms with Crippen molar-refractivity contribution in [3.8, 4) is 11.5 Å². The summed E-state index contributed by atoms with van der Waals surface area (Å²) in [5.74, 6) is 1.69. The molecule has 6 heteroatoms. The summed E-state index contributed by atoms with van der Waals surface area (Å²) < 4.78 is 6.91. The molecule has 0 radical (unpaired) electrons. The number of hydrogen-bond acceptors (Lipinski definition) is 3. The number of nitrogens with one attached hydrogen (secondary N) is 2. The van der Waals surface area contributed by atoms with Gasteiger partial charge in [-0.05, 0) is 50.1 Å². The molecule has 2 aromatic rings. The molecule has 0 saturated heterocycles. The van der Waals surface area contributed by atoms with Crippen LogP contribution in [0, 0.1) is 0 Å². The summed E-state index contributed by atoms with van der Waals surface area (Å²) in [4.78, 5) is 3.11. The number of methoxy groups -OCH3 is 1. The Kier molecular flexibility index (Phi) is 4.66. The molecule has 1 heterocycles. The molecule has 19 heavy (non-hydrogen) atoms. The SMILES string of the molecule is COc1ccc(CNc2[nH+]cc(Br)cc2Br)c(O)c1. The molecule has 4 nitrogen and oxygen atoms in total. The maximum Gasteiger partial charge on any atom is 0.287 e. The van der Waals surface area contributed by atoms with Crippen molar-refractivity contribution >= 4 is 37.7 Å². The van der Waals surface area contributed by atoms with Gasteiger partial charge >= 0.3 is 0 Å². The van der Waals surface area contributed by atoms with Crippen molar-refractivity contribution in [3.05, 3.63) is 45.0 Å². The van der Waals surface area contributed by atoms with Crippen molar-refractivity contribution in [1.29, 1.82) is 0 Å². The lowest BCUT2D eigenvalue weighted by atomic mass is 10.2. The van der Waals surface area contributed by atoms with Crippen LogP contribution in [0.4, 0.5) is 5.82 Å². The van der Waals surface area contributed by atoms with Crippen LogP contribution in [0.1, 0.15) is 5.56 Å². The summed E-state index contributed by atoms with van der Waals surface area (Å²) in [6, 6.07) is 7.18. The Morgan fingerprint density at radius 2 is 2.11 bits per heavy atom. The van der Waals surface area contributed by atoms with Crippen LogP contribution in [0.25, 0.3) is 0 Å². The molecule has 0 bridgehead atoms. The van der Waals surface area contributed by atoms with E-state index in [1.807, 2.05) is 24.4 Å². The molecule has 100 valence electrons. The molecule has 0 unspecified atom stereocenters. The second-order valence-electron chi connectivity index (χ2n) is 3.89. The fourth-order valence-electron chi connectivity index (χ4n) is 1.58. The van der Waals surface area contributed by atoms with Gasteiger partial charge in [-0.3, -0.25) is 5.32 Å². The average molecular weight is 389 g/mol. The van der Waals surface area contributed by atoms with Crippen LogP contribution in [0.3, 0.4) is 0 Å². The smallest absolute Gasteiger partial charge is 0.287 e. The summed E-state index contributed by atoms with van der Waals surface area (Å²) in [6.45, 7) is 0.507. The van der Waals surface area contributed by atoms with Gasteiger partial charge in [0.05, 0.1) is 11.6 Å². The van der Waals surface area contributed by atoms with Gasteiger partial charge in [0.1, 0.15) is 28.7 Å². The van der Waals surface area contributed by atoms with Crippen LogP contribution in [-0.4, -0.2) is 12.2 Å².